The minimum atomic E-state index is -4.94. The number of sulfonamides is 1. The number of hydrogen-bond donors (Lipinski definition) is 0. The van der Waals surface area contributed by atoms with Gasteiger partial charge in [-0.3, -0.25) is 0 Å². The quantitative estimate of drug-likeness (QED) is 0.211. The first-order chi connectivity index (χ1) is 18.8. The molecule has 16 heteroatoms. The van der Waals surface area contributed by atoms with Crippen LogP contribution in [0.5, 0.6) is 23.0 Å². The maximum Gasteiger partial charge on any atom is 0.416 e. The smallest absolute Gasteiger partial charge is 0.416 e. The number of anilines is 1. The second kappa shape index (κ2) is 11.2. The minimum Gasteiger partial charge on any atom is -0.497 e. The summed E-state index contributed by atoms with van der Waals surface area (Å²) in [6.45, 7) is -0.437. The van der Waals surface area contributed by atoms with Crippen molar-refractivity contribution in [1.29, 1.82) is 0 Å². The Kier molecular flexibility index (Phi) is 8.11. The second-order valence-electron chi connectivity index (χ2n) is 7.90. The topological polar surface area (TPSA) is 90.9 Å². The van der Waals surface area contributed by atoms with Gasteiger partial charge in [0.05, 0.1) is 26.3 Å². The fourth-order valence-corrected chi connectivity index (χ4v) is 5.68. The number of rotatable bonds is 9. The average Bonchev–Trinajstić information content (AvgIpc) is 3.42. The molecule has 0 saturated heterocycles. The van der Waals surface area contributed by atoms with Crippen LogP contribution in [0.2, 0.25) is 0 Å². The molecule has 1 heterocycles. The first-order valence-corrected chi connectivity index (χ1v) is 13.1. The zero-order valence-electron chi connectivity index (χ0n) is 20.4. The van der Waals surface area contributed by atoms with E-state index in [2.05, 4.69) is 9.36 Å². The first-order valence-electron chi connectivity index (χ1n) is 10.9. The van der Waals surface area contributed by atoms with Crippen LogP contribution in [0.4, 0.5) is 31.5 Å². The van der Waals surface area contributed by atoms with Gasteiger partial charge in [-0.1, -0.05) is 0 Å². The van der Waals surface area contributed by atoms with Crippen molar-refractivity contribution < 1.29 is 49.0 Å². The van der Waals surface area contributed by atoms with Crippen LogP contribution in [0.15, 0.2) is 59.8 Å². The van der Waals surface area contributed by atoms with E-state index in [1.165, 1.54) is 32.4 Å². The number of aromatic nitrogens is 2. The van der Waals surface area contributed by atoms with E-state index in [1.54, 1.807) is 0 Å². The molecule has 212 valence electrons. The zero-order valence-corrected chi connectivity index (χ0v) is 22.0. The minimum absolute atomic E-state index is 0.183. The average molecular weight is 606 g/mol. The molecule has 3 aromatic carbocycles. The second-order valence-corrected chi connectivity index (χ2v) is 10.5. The van der Waals surface area contributed by atoms with E-state index in [1.807, 2.05) is 0 Å². The van der Waals surface area contributed by atoms with Gasteiger partial charge in [-0.25, -0.2) is 30.9 Å². The molecule has 40 heavy (non-hydrogen) atoms. The van der Waals surface area contributed by atoms with Crippen molar-refractivity contribution in [2.45, 2.75) is 17.6 Å². The summed E-state index contributed by atoms with van der Waals surface area (Å²) in [5.74, 6) is -5.41. The Hall–Kier alpha value is -4.05. The molecule has 0 atom stereocenters. The van der Waals surface area contributed by atoms with Crippen LogP contribution in [0.3, 0.4) is 0 Å². The Morgan fingerprint density at radius 3 is 2.27 bits per heavy atom. The fourth-order valence-electron chi connectivity index (χ4n) is 3.49. The number of alkyl halides is 3. The van der Waals surface area contributed by atoms with Crippen molar-refractivity contribution in [2.24, 2.45) is 0 Å². The standard InChI is InChI=1S/C24H17F6N3O5S2/c1-36-16-4-3-13(20(8-16)37-2)11-33(23-31-12-32-39-23)40(34,35)22-10-18(26)21(9-19(22)27)38-17-6-14(24(28,29)30)5-15(25)7-17/h3-10,12H,11H2,1-2H3. The van der Waals surface area contributed by atoms with E-state index in [9.17, 15) is 30.4 Å². The molecule has 0 unspecified atom stereocenters. The van der Waals surface area contributed by atoms with Crippen LogP contribution in [-0.2, 0) is 22.7 Å². The number of benzene rings is 3. The molecule has 0 aliphatic carbocycles. The summed E-state index contributed by atoms with van der Waals surface area (Å²) in [6.07, 6.45) is -3.88. The summed E-state index contributed by atoms with van der Waals surface area (Å²) in [4.78, 5) is 2.75. The van der Waals surface area contributed by atoms with E-state index >= 15 is 4.39 Å². The molecule has 0 radical (unpaired) electrons. The maximum atomic E-state index is 15.2. The monoisotopic (exact) mass is 605 g/mol. The Bertz CT molecular complexity index is 1630. The van der Waals surface area contributed by atoms with Gasteiger partial charge in [-0.2, -0.15) is 17.5 Å². The van der Waals surface area contributed by atoms with Crippen LogP contribution in [0.25, 0.3) is 0 Å². The third-order valence-electron chi connectivity index (χ3n) is 5.35. The van der Waals surface area contributed by atoms with E-state index in [0.29, 0.717) is 51.4 Å². The molecule has 4 aromatic rings. The molecule has 0 bridgehead atoms. The van der Waals surface area contributed by atoms with Crippen LogP contribution < -0.4 is 18.5 Å². The zero-order chi connectivity index (χ0) is 29.2. The number of hydrogen-bond acceptors (Lipinski definition) is 8. The molecule has 0 saturated carbocycles. The largest absolute Gasteiger partial charge is 0.497 e. The number of ether oxygens (including phenoxy) is 3. The van der Waals surface area contributed by atoms with Gasteiger partial charge in [-0.05, 0) is 24.3 Å². The van der Waals surface area contributed by atoms with Gasteiger partial charge in [0, 0.05) is 41.4 Å². The lowest BCUT2D eigenvalue weighted by atomic mass is 10.2. The van der Waals surface area contributed by atoms with Crippen LogP contribution in [0, 0.1) is 17.5 Å². The van der Waals surface area contributed by atoms with Crippen molar-refractivity contribution in [3.8, 4) is 23.0 Å². The van der Waals surface area contributed by atoms with Crippen molar-refractivity contribution in [3.63, 3.8) is 0 Å². The molecule has 0 spiro atoms. The molecule has 0 aliphatic heterocycles. The highest BCUT2D eigenvalue weighted by Crippen LogP contribution is 2.37. The molecular formula is C24H17F6N3O5S2. The maximum absolute atomic E-state index is 15.2. The Balaban J connectivity index is 1.73. The Morgan fingerprint density at radius 2 is 1.65 bits per heavy atom. The predicted octanol–water partition coefficient (Wildman–Crippen LogP) is 6.18. The van der Waals surface area contributed by atoms with Crippen molar-refractivity contribution in [3.05, 3.63) is 83.4 Å². The van der Waals surface area contributed by atoms with Gasteiger partial charge in [-0.15, -0.1) is 0 Å². The number of nitrogens with zero attached hydrogens (tertiary/aromatic N) is 3. The number of halogens is 6. The van der Waals surface area contributed by atoms with Crippen molar-refractivity contribution in [2.75, 3.05) is 18.5 Å². The first kappa shape index (κ1) is 28.9. The highest BCUT2D eigenvalue weighted by molar-refractivity contribution is 7.93. The summed E-state index contributed by atoms with van der Waals surface area (Å²) in [7, 11) is -2.11. The van der Waals surface area contributed by atoms with Crippen molar-refractivity contribution >= 4 is 26.7 Å². The lowest BCUT2D eigenvalue weighted by Crippen LogP contribution is -2.31. The molecule has 0 N–H and O–H groups in total. The van der Waals surface area contributed by atoms with Gasteiger partial charge >= 0.3 is 6.18 Å². The Morgan fingerprint density at radius 1 is 0.900 bits per heavy atom. The van der Waals surface area contributed by atoms with Crippen LogP contribution >= 0.6 is 11.5 Å². The van der Waals surface area contributed by atoms with E-state index in [-0.39, 0.29) is 16.9 Å². The predicted molar refractivity (Wildman–Crippen MR) is 131 cm³/mol. The lowest BCUT2D eigenvalue weighted by molar-refractivity contribution is -0.137. The number of methoxy groups -OCH3 is 2. The normalized spacial score (nSPS) is 11.8. The molecule has 8 nitrogen and oxygen atoms in total. The summed E-state index contributed by atoms with van der Waals surface area (Å²) in [6, 6.07) is 6.24. The van der Waals surface area contributed by atoms with Gasteiger partial charge < -0.3 is 14.2 Å². The lowest BCUT2D eigenvalue weighted by Gasteiger charge is -2.23. The Labute approximate surface area is 227 Å². The third kappa shape index (κ3) is 6.07. The SMILES string of the molecule is COc1ccc(CN(c2ncns2)S(=O)(=O)c2cc(F)c(Oc3cc(F)cc(C(F)(F)F)c3)cc2F)c(OC)c1. The van der Waals surface area contributed by atoms with Gasteiger partial charge in [0.1, 0.15) is 40.1 Å². The molecular weight excluding hydrogens is 588 g/mol. The molecule has 0 amide bonds. The van der Waals surface area contributed by atoms with Crippen LogP contribution in [0.1, 0.15) is 11.1 Å². The summed E-state index contributed by atoms with van der Waals surface area (Å²) in [5, 5.41) is -0.183. The molecule has 1 aromatic heterocycles. The fraction of sp³-hybridized carbons (Fsp3) is 0.167. The van der Waals surface area contributed by atoms with Crippen molar-refractivity contribution in [1.82, 2.24) is 9.36 Å². The summed E-state index contributed by atoms with van der Waals surface area (Å²) >= 11 is 0.664. The van der Waals surface area contributed by atoms with Gasteiger partial charge in [0.15, 0.2) is 11.6 Å². The van der Waals surface area contributed by atoms with Crippen LogP contribution in [-0.4, -0.2) is 32.0 Å². The molecule has 4 rings (SSSR count). The summed E-state index contributed by atoms with van der Waals surface area (Å²) < 4.78 is 130. The van der Waals surface area contributed by atoms with E-state index in [0.717, 1.165) is 6.33 Å². The molecule has 0 fully saturated rings. The molecule has 0 aliphatic rings. The van der Waals surface area contributed by atoms with Gasteiger partial charge in [0.25, 0.3) is 10.0 Å². The van der Waals surface area contributed by atoms with Gasteiger partial charge in [0.2, 0.25) is 5.13 Å². The highest BCUT2D eigenvalue weighted by Gasteiger charge is 2.34. The third-order valence-corrected chi connectivity index (χ3v) is 7.91. The van der Waals surface area contributed by atoms with E-state index < -0.39 is 62.2 Å². The summed E-state index contributed by atoms with van der Waals surface area (Å²) in [5.41, 5.74) is -1.11. The van der Waals surface area contributed by atoms with E-state index in [4.69, 9.17) is 14.2 Å². The highest BCUT2D eigenvalue weighted by atomic mass is 32.2.